The first-order chi connectivity index (χ1) is 13.2. The van der Waals surface area contributed by atoms with Crippen molar-refractivity contribution in [2.75, 3.05) is 0 Å². The van der Waals surface area contributed by atoms with Crippen LogP contribution < -0.4 is 0 Å². The first-order valence-corrected chi connectivity index (χ1v) is 11.0. The predicted octanol–water partition coefficient (Wildman–Crippen LogP) is 4.22. The molecule has 0 aromatic heterocycles. The van der Waals surface area contributed by atoms with Gasteiger partial charge in [0.05, 0.1) is 6.10 Å². The van der Waals surface area contributed by atoms with Crippen LogP contribution >= 0.6 is 0 Å². The van der Waals surface area contributed by atoms with Crippen molar-refractivity contribution < 1.29 is 19.4 Å². The van der Waals surface area contributed by atoms with Crippen molar-refractivity contribution in [1.29, 1.82) is 0 Å². The van der Waals surface area contributed by atoms with Gasteiger partial charge in [0, 0.05) is 23.2 Å². The van der Waals surface area contributed by atoms with Crippen LogP contribution in [-0.2, 0) is 14.3 Å². The zero-order valence-electron chi connectivity index (χ0n) is 17.6. The van der Waals surface area contributed by atoms with Gasteiger partial charge in [-0.3, -0.25) is 9.59 Å². The molecule has 28 heavy (non-hydrogen) atoms. The number of hydrogen-bond donors (Lipinski definition) is 1. The van der Waals surface area contributed by atoms with Gasteiger partial charge in [-0.05, 0) is 62.0 Å². The molecule has 4 heteroatoms. The number of carbonyl (C=O) groups excluding carboxylic acids is 2. The van der Waals surface area contributed by atoms with Gasteiger partial charge in [0.15, 0.2) is 5.78 Å². The number of aliphatic hydroxyl groups is 1. The molecule has 0 heterocycles. The normalized spacial score (nSPS) is 47.0. The summed E-state index contributed by atoms with van der Waals surface area (Å²) in [4.78, 5) is 24.2. The van der Waals surface area contributed by atoms with Crippen LogP contribution in [-0.4, -0.2) is 29.1 Å². The number of ketones is 1. The van der Waals surface area contributed by atoms with E-state index < -0.39 is 6.10 Å². The van der Waals surface area contributed by atoms with E-state index in [1.54, 1.807) is 12.2 Å². The van der Waals surface area contributed by atoms with Gasteiger partial charge in [0.25, 0.3) is 0 Å². The van der Waals surface area contributed by atoms with Crippen molar-refractivity contribution in [1.82, 2.24) is 0 Å². The van der Waals surface area contributed by atoms with Gasteiger partial charge in [-0.25, -0.2) is 0 Å². The van der Waals surface area contributed by atoms with E-state index in [-0.39, 0.29) is 34.6 Å². The van der Waals surface area contributed by atoms with Crippen molar-refractivity contribution in [3.8, 4) is 0 Å². The zero-order valence-corrected chi connectivity index (χ0v) is 17.6. The highest BCUT2D eigenvalue weighted by Gasteiger charge is 2.64. The molecule has 4 nitrogen and oxygen atoms in total. The highest BCUT2D eigenvalue weighted by molar-refractivity contribution is 6.01. The summed E-state index contributed by atoms with van der Waals surface area (Å²) < 4.78 is 5.99. The first kappa shape index (κ1) is 19.9. The molecule has 0 unspecified atom stereocenters. The molecule has 154 valence electrons. The second-order valence-electron chi connectivity index (χ2n) is 10.2. The summed E-state index contributed by atoms with van der Waals surface area (Å²) in [6, 6.07) is 0. The summed E-state index contributed by atoms with van der Waals surface area (Å²) in [7, 11) is 0. The van der Waals surface area contributed by atoms with Crippen molar-refractivity contribution in [2.45, 2.75) is 78.4 Å². The summed E-state index contributed by atoms with van der Waals surface area (Å²) >= 11 is 0. The Morgan fingerprint density at radius 1 is 1.36 bits per heavy atom. The van der Waals surface area contributed by atoms with E-state index in [2.05, 4.69) is 20.8 Å². The molecule has 0 aliphatic heterocycles. The minimum absolute atomic E-state index is 0.0680. The maximum atomic E-state index is 12.3. The monoisotopic (exact) mass is 386 g/mol. The van der Waals surface area contributed by atoms with Crippen LogP contribution in [0.4, 0.5) is 0 Å². The number of rotatable bonds is 3. The van der Waals surface area contributed by atoms with Crippen LogP contribution in [0, 0.1) is 34.5 Å². The molecule has 0 saturated heterocycles. The molecule has 4 aliphatic carbocycles. The largest absolute Gasteiger partial charge is 0.461 e. The Bertz CT molecular complexity index is 737. The molecule has 0 aromatic carbocycles. The molecule has 4 aliphatic rings. The fourth-order valence-electron chi connectivity index (χ4n) is 7.31. The smallest absolute Gasteiger partial charge is 0.306 e. The summed E-state index contributed by atoms with van der Waals surface area (Å²) in [5.41, 5.74) is 0.772. The maximum absolute atomic E-state index is 12.3. The van der Waals surface area contributed by atoms with E-state index in [1.807, 2.05) is 13.0 Å². The van der Waals surface area contributed by atoms with E-state index in [1.165, 1.54) is 5.57 Å². The summed E-state index contributed by atoms with van der Waals surface area (Å²) in [6.45, 7) is 8.62. The standard InChI is InChI=1S/C24H34O4/c1-5-6-20(27)28-22-14(2)11-18-17-8-7-15-12-16(25)9-10-23(15,3)21(17)19(26)13-24(18,22)4/h9-10,12,14,17-19,21-22,26H,5-8,11,13H2,1-4H3/t14-,17-,18-,19-,21+,22+,23-,24-/m0/s1. The Morgan fingerprint density at radius 2 is 2.11 bits per heavy atom. The van der Waals surface area contributed by atoms with Gasteiger partial charge in [-0.2, -0.15) is 0 Å². The van der Waals surface area contributed by atoms with Crippen molar-refractivity contribution in [3.05, 3.63) is 23.8 Å². The van der Waals surface area contributed by atoms with Crippen LogP contribution in [0.3, 0.4) is 0 Å². The van der Waals surface area contributed by atoms with Gasteiger partial charge in [0.2, 0.25) is 0 Å². The number of ether oxygens (including phenoxy) is 1. The average Bonchev–Trinajstić information content (AvgIpc) is 2.86. The Morgan fingerprint density at radius 3 is 2.82 bits per heavy atom. The second-order valence-corrected chi connectivity index (χ2v) is 10.2. The molecule has 0 aromatic rings. The van der Waals surface area contributed by atoms with E-state index in [9.17, 15) is 14.7 Å². The fraction of sp³-hybridized carbons (Fsp3) is 0.750. The molecule has 0 bridgehead atoms. The van der Waals surface area contributed by atoms with Gasteiger partial charge in [0.1, 0.15) is 6.10 Å². The van der Waals surface area contributed by atoms with Crippen LogP contribution in [0.25, 0.3) is 0 Å². The van der Waals surface area contributed by atoms with Crippen molar-refractivity contribution in [3.63, 3.8) is 0 Å². The number of hydrogen-bond acceptors (Lipinski definition) is 4. The highest BCUT2D eigenvalue weighted by Crippen LogP contribution is 2.65. The Kier molecular flexibility index (Phi) is 4.85. The lowest BCUT2D eigenvalue weighted by atomic mass is 9.47. The Labute approximate surface area is 168 Å². The summed E-state index contributed by atoms with van der Waals surface area (Å²) in [5, 5.41) is 11.3. The second kappa shape index (κ2) is 6.83. The highest BCUT2D eigenvalue weighted by atomic mass is 16.5. The number of esters is 1. The first-order valence-electron chi connectivity index (χ1n) is 11.0. The SMILES string of the molecule is CCCC(=O)O[C@@H]1[C@@H](C)C[C@H]2[C@@H]3CCC4=CC(=O)C=C[C@]4(C)[C@H]3[C@@H](O)C[C@]12C. The Hall–Kier alpha value is -1.42. The lowest BCUT2D eigenvalue weighted by Crippen LogP contribution is -2.57. The van der Waals surface area contributed by atoms with Gasteiger partial charge in [-0.15, -0.1) is 0 Å². The lowest BCUT2D eigenvalue weighted by molar-refractivity contribution is -0.170. The van der Waals surface area contributed by atoms with E-state index in [4.69, 9.17) is 4.74 Å². The summed E-state index contributed by atoms with van der Waals surface area (Å²) in [5.74, 6) is 1.25. The molecule has 0 amide bonds. The van der Waals surface area contributed by atoms with Crippen molar-refractivity contribution >= 4 is 11.8 Å². The number of fused-ring (bicyclic) bond motifs is 5. The minimum atomic E-state index is -0.449. The molecule has 3 saturated carbocycles. The van der Waals surface area contributed by atoms with Gasteiger partial charge < -0.3 is 9.84 Å². The van der Waals surface area contributed by atoms with Crippen LogP contribution in [0.15, 0.2) is 23.8 Å². The molecule has 1 N–H and O–H groups in total. The lowest BCUT2D eigenvalue weighted by Gasteiger charge is -2.58. The molecule has 4 rings (SSSR count). The molecule has 0 radical (unpaired) electrons. The van der Waals surface area contributed by atoms with Crippen LogP contribution in [0.2, 0.25) is 0 Å². The topological polar surface area (TPSA) is 63.6 Å². The van der Waals surface area contributed by atoms with E-state index in [0.29, 0.717) is 30.6 Å². The molecular weight excluding hydrogens is 352 g/mol. The molecule has 3 fully saturated rings. The quantitative estimate of drug-likeness (QED) is 0.738. The molecule has 8 atom stereocenters. The van der Waals surface area contributed by atoms with Crippen LogP contribution in [0.1, 0.15) is 66.2 Å². The number of allylic oxidation sites excluding steroid dienone is 4. The molecule has 0 spiro atoms. The van der Waals surface area contributed by atoms with E-state index >= 15 is 0 Å². The number of carbonyl (C=O) groups is 2. The average molecular weight is 387 g/mol. The van der Waals surface area contributed by atoms with Crippen LogP contribution in [0.5, 0.6) is 0 Å². The minimum Gasteiger partial charge on any atom is -0.461 e. The van der Waals surface area contributed by atoms with Gasteiger partial charge >= 0.3 is 5.97 Å². The third-order valence-corrected chi connectivity index (χ3v) is 8.44. The van der Waals surface area contributed by atoms with Crippen molar-refractivity contribution in [2.24, 2.45) is 34.5 Å². The Balaban J connectivity index is 1.65. The van der Waals surface area contributed by atoms with Gasteiger partial charge in [-0.1, -0.05) is 39.3 Å². The maximum Gasteiger partial charge on any atom is 0.306 e. The predicted molar refractivity (Wildman–Crippen MR) is 107 cm³/mol. The molecular formula is C24H34O4. The number of aliphatic hydroxyl groups excluding tert-OH is 1. The summed E-state index contributed by atoms with van der Waals surface area (Å²) in [6.07, 6.45) is 9.86. The third kappa shape index (κ3) is 2.82. The van der Waals surface area contributed by atoms with E-state index in [0.717, 1.165) is 25.7 Å². The zero-order chi connectivity index (χ0) is 20.3. The third-order valence-electron chi connectivity index (χ3n) is 8.44. The fourth-order valence-corrected chi connectivity index (χ4v) is 7.31.